The summed E-state index contributed by atoms with van der Waals surface area (Å²) in [6, 6.07) is 5.17. The molecule has 0 aromatic heterocycles. The molecule has 2 aliphatic heterocycles. The van der Waals surface area contributed by atoms with Crippen molar-refractivity contribution in [3.05, 3.63) is 29.3 Å². The number of amides is 2. The lowest BCUT2D eigenvalue weighted by molar-refractivity contribution is -0.138. The highest BCUT2D eigenvalue weighted by molar-refractivity contribution is 5.80. The molecular weight excluding hydrogens is 385 g/mol. The molecule has 1 unspecified atom stereocenters. The molecule has 9 heteroatoms. The summed E-state index contributed by atoms with van der Waals surface area (Å²) in [5.41, 5.74) is 4.06. The molecule has 6 nitrogen and oxygen atoms in total. The van der Waals surface area contributed by atoms with E-state index in [2.05, 4.69) is 0 Å². The monoisotopic (exact) mass is 408 g/mol. The zero-order valence-electron chi connectivity index (χ0n) is 16.1. The first-order valence-corrected chi connectivity index (χ1v) is 9.54. The summed E-state index contributed by atoms with van der Waals surface area (Å²) in [7, 11) is 0. The molecule has 3 rings (SSSR count). The fraction of sp³-hybridized carbons (Fsp3) is 0.550. The van der Waals surface area contributed by atoms with E-state index in [1.165, 1.54) is 6.07 Å². The van der Waals surface area contributed by atoms with Crippen molar-refractivity contribution in [3.8, 4) is 6.07 Å². The minimum atomic E-state index is -4.65. The highest BCUT2D eigenvalue weighted by atomic mass is 19.4. The number of alkyl halides is 3. The molecule has 0 aliphatic carbocycles. The van der Waals surface area contributed by atoms with Gasteiger partial charge in [0, 0.05) is 43.7 Å². The summed E-state index contributed by atoms with van der Waals surface area (Å²) in [6.07, 6.45) is -3.09. The molecule has 2 N–H and O–H groups in total. The molecule has 2 amide bonds. The van der Waals surface area contributed by atoms with Gasteiger partial charge in [0.2, 0.25) is 11.8 Å². The number of carbonyl (C=O) groups excluding carboxylic acids is 2. The SMILES string of the molecule is CCC(=O)N1CCC2(CC1)CN(c1ccc(C#N)c(C(F)(F)F)c1)CC2C(N)=O. The first kappa shape index (κ1) is 21.0. The van der Waals surface area contributed by atoms with Gasteiger partial charge >= 0.3 is 6.18 Å². The molecule has 2 fully saturated rings. The van der Waals surface area contributed by atoms with Crippen LogP contribution >= 0.6 is 0 Å². The second-order valence-electron chi connectivity index (χ2n) is 7.77. The number of benzene rings is 1. The summed E-state index contributed by atoms with van der Waals surface area (Å²) in [6.45, 7) is 3.41. The topological polar surface area (TPSA) is 90.4 Å². The van der Waals surface area contributed by atoms with Crippen molar-refractivity contribution in [2.75, 3.05) is 31.1 Å². The molecule has 2 aliphatic rings. The molecule has 1 aromatic rings. The lowest BCUT2D eigenvalue weighted by Gasteiger charge is -2.41. The quantitative estimate of drug-likeness (QED) is 0.832. The predicted molar refractivity (Wildman–Crippen MR) is 99.6 cm³/mol. The van der Waals surface area contributed by atoms with Crippen LogP contribution < -0.4 is 10.6 Å². The number of hydrogen-bond donors (Lipinski definition) is 1. The van der Waals surface area contributed by atoms with Gasteiger partial charge in [-0.3, -0.25) is 9.59 Å². The minimum Gasteiger partial charge on any atom is -0.370 e. The van der Waals surface area contributed by atoms with E-state index >= 15 is 0 Å². The molecule has 0 bridgehead atoms. The van der Waals surface area contributed by atoms with E-state index in [-0.39, 0.29) is 12.5 Å². The number of halogens is 3. The number of carbonyl (C=O) groups is 2. The molecule has 1 spiro atoms. The van der Waals surface area contributed by atoms with Crippen molar-refractivity contribution in [2.45, 2.75) is 32.4 Å². The zero-order chi connectivity index (χ0) is 21.4. The number of hydrogen-bond acceptors (Lipinski definition) is 4. The third kappa shape index (κ3) is 3.88. The number of likely N-dealkylation sites (tertiary alicyclic amines) is 1. The van der Waals surface area contributed by atoms with Crippen LogP contribution in [0.3, 0.4) is 0 Å². The molecule has 1 aromatic carbocycles. The van der Waals surface area contributed by atoms with Crippen LogP contribution in [-0.2, 0) is 15.8 Å². The van der Waals surface area contributed by atoms with Crippen molar-refractivity contribution in [1.29, 1.82) is 5.26 Å². The largest absolute Gasteiger partial charge is 0.417 e. The van der Waals surface area contributed by atoms with Gasteiger partial charge in [-0.25, -0.2) is 0 Å². The number of piperidine rings is 1. The van der Waals surface area contributed by atoms with Crippen LogP contribution in [0.25, 0.3) is 0 Å². The number of rotatable bonds is 3. The highest BCUT2D eigenvalue weighted by Gasteiger charge is 2.51. The van der Waals surface area contributed by atoms with Gasteiger partial charge in [-0.2, -0.15) is 18.4 Å². The third-order valence-corrected chi connectivity index (χ3v) is 6.20. The standard InChI is InChI=1S/C20H23F3N4O2/c1-2-17(28)26-7-5-19(6-8-26)12-27(11-16(19)18(25)29)14-4-3-13(10-24)15(9-14)20(21,22)23/h3-4,9,16H,2,5-8,11-12H2,1H3,(H2,25,29). The molecule has 2 heterocycles. The van der Waals surface area contributed by atoms with Gasteiger partial charge in [0.1, 0.15) is 0 Å². The van der Waals surface area contributed by atoms with Crippen LogP contribution in [0.15, 0.2) is 18.2 Å². The Morgan fingerprint density at radius 2 is 1.97 bits per heavy atom. The average molecular weight is 408 g/mol. The van der Waals surface area contributed by atoms with Gasteiger partial charge in [-0.1, -0.05) is 6.92 Å². The van der Waals surface area contributed by atoms with E-state index < -0.39 is 34.5 Å². The third-order valence-electron chi connectivity index (χ3n) is 6.20. The van der Waals surface area contributed by atoms with Gasteiger partial charge < -0.3 is 15.5 Å². The highest BCUT2D eigenvalue weighted by Crippen LogP contribution is 2.46. The van der Waals surface area contributed by atoms with Crippen LogP contribution in [0.2, 0.25) is 0 Å². The number of nitrogens with two attached hydrogens (primary N) is 1. The Kier molecular flexibility index (Phi) is 5.48. The van der Waals surface area contributed by atoms with Crippen molar-refractivity contribution >= 4 is 17.5 Å². The Bertz CT molecular complexity index is 854. The lowest BCUT2D eigenvalue weighted by atomic mass is 9.70. The Balaban J connectivity index is 1.88. The summed E-state index contributed by atoms with van der Waals surface area (Å²) in [5.74, 6) is -0.939. The second-order valence-corrected chi connectivity index (χ2v) is 7.77. The van der Waals surface area contributed by atoms with Crippen molar-refractivity contribution in [2.24, 2.45) is 17.1 Å². The summed E-state index contributed by atoms with van der Waals surface area (Å²) in [4.78, 5) is 27.6. The molecular formula is C20H23F3N4O2. The van der Waals surface area contributed by atoms with Gasteiger partial charge in [0.05, 0.1) is 23.1 Å². The normalized spacial score (nSPS) is 21.3. The maximum atomic E-state index is 13.3. The molecule has 0 radical (unpaired) electrons. The molecule has 29 heavy (non-hydrogen) atoms. The smallest absolute Gasteiger partial charge is 0.370 e. The van der Waals surface area contributed by atoms with Crippen LogP contribution in [0.5, 0.6) is 0 Å². The van der Waals surface area contributed by atoms with E-state index in [1.807, 2.05) is 0 Å². The van der Waals surface area contributed by atoms with Gasteiger partial charge in [0.15, 0.2) is 0 Å². The van der Waals surface area contributed by atoms with Crippen molar-refractivity contribution < 1.29 is 22.8 Å². The number of nitrogens with zero attached hydrogens (tertiary/aromatic N) is 3. The van der Waals surface area contributed by atoms with E-state index in [0.717, 1.165) is 12.1 Å². The number of primary amides is 1. The summed E-state index contributed by atoms with van der Waals surface area (Å²) >= 11 is 0. The first-order chi connectivity index (χ1) is 13.6. The molecule has 2 saturated heterocycles. The first-order valence-electron chi connectivity index (χ1n) is 9.54. The van der Waals surface area contributed by atoms with Crippen molar-refractivity contribution in [3.63, 3.8) is 0 Å². The van der Waals surface area contributed by atoms with E-state index in [9.17, 15) is 22.8 Å². The lowest BCUT2D eigenvalue weighted by Crippen LogP contribution is -2.48. The van der Waals surface area contributed by atoms with Crippen LogP contribution in [-0.4, -0.2) is 42.9 Å². The molecule has 156 valence electrons. The minimum absolute atomic E-state index is 0.0484. The summed E-state index contributed by atoms with van der Waals surface area (Å²) < 4.78 is 40.0. The van der Waals surface area contributed by atoms with E-state index in [4.69, 9.17) is 11.0 Å². The Labute approximate surface area is 167 Å². The van der Waals surface area contributed by atoms with E-state index in [0.29, 0.717) is 44.6 Å². The van der Waals surface area contributed by atoms with Gasteiger partial charge in [0.25, 0.3) is 0 Å². The van der Waals surface area contributed by atoms with Gasteiger partial charge in [-0.05, 0) is 31.0 Å². The Morgan fingerprint density at radius 3 is 2.48 bits per heavy atom. The molecule has 0 saturated carbocycles. The Morgan fingerprint density at radius 1 is 1.31 bits per heavy atom. The average Bonchev–Trinajstić information content (AvgIpc) is 3.06. The van der Waals surface area contributed by atoms with Crippen molar-refractivity contribution in [1.82, 2.24) is 4.90 Å². The van der Waals surface area contributed by atoms with Crippen LogP contribution in [0, 0.1) is 22.7 Å². The van der Waals surface area contributed by atoms with Crippen LogP contribution in [0.4, 0.5) is 18.9 Å². The Hall–Kier alpha value is -2.76. The fourth-order valence-corrected chi connectivity index (χ4v) is 4.55. The zero-order valence-corrected chi connectivity index (χ0v) is 16.1. The second kappa shape index (κ2) is 7.58. The maximum absolute atomic E-state index is 13.3. The summed E-state index contributed by atoms with van der Waals surface area (Å²) in [5, 5.41) is 8.98. The number of nitriles is 1. The van der Waals surface area contributed by atoms with E-state index in [1.54, 1.807) is 22.8 Å². The number of anilines is 1. The fourth-order valence-electron chi connectivity index (χ4n) is 4.55. The maximum Gasteiger partial charge on any atom is 0.417 e. The molecule has 1 atom stereocenters. The van der Waals surface area contributed by atoms with Crippen LogP contribution in [0.1, 0.15) is 37.3 Å². The predicted octanol–water partition coefficient (Wildman–Crippen LogP) is 2.52. The van der Waals surface area contributed by atoms with Gasteiger partial charge in [-0.15, -0.1) is 0 Å².